The fourth-order valence-electron chi connectivity index (χ4n) is 6.85. The molecule has 0 fully saturated rings. The van der Waals surface area contributed by atoms with E-state index in [-0.39, 0.29) is 0 Å². The highest BCUT2D eigenvalue weighted by Gasteiger charge is 2.14. The Labute approximate surface area is 291 Å². The number of hydrogen-bond acceptors (Lipinski definition) is 3. The van der Waals surface area contributed by atoms with Gasteiger partial charge in [0.25, 0.3) is 0 Å². The van der Waals surface area contributed by atoms with Crippen LogP contribution in [0.5, 0.6) is 0 Å². The molecule has 0 aliphatic rings. The van der Waals surface area contributed by atoms with E-state index in [1.165, 1.54) is 43.8 Å². The van der Waals surface area contributed by atoms with Crippen molar-refractivity contribution in [3.05, 3.63) is 188 Å². The average molecular weight is 638 g/mol. The van der Waals surface area contributed by atoms with E-state index in [9.17, 15) is 0 Å². The molecule has 0 amide bonds. The summed E-state index contributed by atoms with van der Waals surface area (Å²) in [5.74, 6) is 1.93. The topological polar surface area (TPSA) is 38.7 Å². The van der Waals surface area contributed by atoms with E-state index in [0.29, 0.717) is 17.5 Å². The minimum atomic E-state index is 0.640. The van der Waals surface area contributed by atoms with Crippen LogP contribution in [0.2, 0.25) is 0 Å². The van der Waals surface area contributed by atoms with E-state index < -0.39 is 0 Å². The molecule has 0 N–H and O–H groups in total. The summed E-state index contributed by atoms with van der Waals surface area (Å²) < 4.78 is 0. The minimum absolute atomic E-state index is 0.640. The SMILES string of the molecule is c1ccc(-c2nc(-c3ccc(-c4ccccc4-c4ccccc4)cc3)nc(-c3ccc(-c4cccc5ccc6ccccc6c45)cc3)n2)cc1. The van der Waals surface area contributed by atoms with Crippen LogP contribution < -0.4 is 0 Å². The molecule has 3 heteroatoms. The first-order valence-corrected chi connectivity index (χ1v) is 16.9. The van der Waals surface area contributed by atoms with E-state index >= 15 is 0 Å². The zero-order valence-electron chi connectivity index (χ0n) is 27.2. The lowest BCUT2D eigenvalue weighted by Crippen LogP contribution is -2.00. The lowest BCUT2D eigenvalue weighted by atomic mass is 9.93. The summed E-state index contributed by atoms with van der Waals surface area (Å²) in [6.07, 6.45) is 0. The molecule has 0 bridgehead atoms. The molecule has 0 spiro atoms. The maximum absolute atomic E-state index is 5.04. The Morgan fingerprint density at radius 1 is 0.240 bits per heavy atom. The Morgan fingerprint density at radius 2 is 0.620 bits per heavy atom. The summed E-state index contributed by atoms with van der Waals surface area (Å²) >= 11 is 0. The molecule has 9 rings (SSSR count). The van der Waals surface area contributed by atoms with Crippen LogP contribution in [-0.4, -0.2) is 15.0 Å². The molecule has 0 aliphatic carbocycles. The molecule has 0 saturated carbocycles. The minimum Gasteiger partial charge on any atom is -0.208 e. The third kappa shape index (κ3) is 5.51. The molecule has 1 heterocycles. The van der Waals surface area contributed by atoms with Gasteiger partial charge in [-0.05, 0) is 54.9 Å². The Bertz CT molecular complexity index is 2610. The van der Waals surface area contributed by atoms with Crippen LogP contribution in [0, 0.1) is 0 Å². The van der Waals surface area contributed by atoms with Gasteiger partial charge in [-0.3, -0.25) is 0 Å². The third-order valence-corrected chi connectivity index (χ3v) is 9.36. The zero-order valence-corrected chi connectivity index (χ0v) is 27.2. The zero-order chi connectivity index (χ0) is 33.3. The maximum atomic E-state index is 5.04. The van der Waals surface area contributed by atoms with E-state index in [0.717, 1.165) is 27.8 Å². The van der Waals surface area contributed by atoms with E-state index in [4.69, 9.17) is 15.0 Å². The quantitative estimate of drug-likeness (QED) is 0.170. The van der Waals surface area contributed by atoms with Gasteiger partial charge in [-0.2, -0.15) is 0 Å². The van der Waals surface area contributed by atoms with Crippen LogP contribution in [0.1, 0.15) is 0 Å². The second kappa shape index (κ2) is 12.7. The Balaban J connectivity index is 1.11. The van der Waals surface area contributed by atoms with Crippen molar-refractivity contribution in [2.45, 2.75) is 0 Å². The third-order valence-electron chi connectivity index (χ3n) is 9.36. The molecule has 9 aromatic rings. The van der Waals surface area contributed by atoms with Gasteiger partial charge in [-0.25, -0.2) is 15.0 Å². The van der Waals surface area contributed by atoms with Gasteiger partial charge in [0.2, 0.25) is 0 Å². The molecule has 0 saturated heterocycles. The fourth-order valence-corrected chi connectivity index (χ4v) is 6.85. The standard InChI is InChI=1S/C47H31N3/c1-3-12-32(13-4-1)40-18-9-10-19-41(40)34-23-28-38(29-24-34)46-48-45(37-15-5-2-6-16-37)49-47(50-46)39-30-25-35(26-31-39)43-21-11-17-36-27-22-33-14-7-8-20-42(33)44(36)43/h1-31H. The van der Waals surface area contributed by atoms with Gasteiger partial charge < -0.3 is 0 Å². The van der Waals surface area contributed by atoms with Crippen molar-refractivity contribution < 1.29 is 0 Å². The highest BCUT2D eigenvalue weighted by molar-refractivity contribution is 6.14. The molecule has 50 heavy (non-hydrogen) atoms. The molecule has 0 unspecified atom stereocenters. The number of benzene rings is 8. The lowest BCUT2D eigenvalue weighted by molar-refractivity contribution is 1.07. The summed E-state index contributed by atoms with van der Waals surface area (Å²) in [6.45, 7) is 0. The van der Waals surface area contributed by atoms with Gasteiger partial charge in [0, 0.05) is 16.7 Å². The maximum Gasteiger partial charge on any atom is 0.164 e. The first-order chi connectivity index (χ1) is 24.8. The van der Waals surface area contributed by atoms with Gasteiger partial charge in [0.15, 0.2) is 17.5 Å². The normalized spacial score (nSPS) is 11.2. The summed E-state index contributed by atoms with van der Waals surface area (Å²) in [4.78, 5) is 15.0. The van der Waals surface area contributed by atoms with Gasteiger partial charge >= 0.3 is 0 Å². The molecule has 234 valence electrons. The molecular formula is C47H31N3. The van der Waals surface area contributed by atoms with Crippen molar-refractivity contribution in [3.63, 3.8) is 0 Å². The van der Waals surface area contributed by atoms with Crippen LogP contribution in [-0.2, 0) is 0 Å². The highest BCUT2D eigenvalue weighted by atomic mass is 15.0. The van der Waals surface area contributed by atoms with Crippen molar-refractivity contribution in [1.29, 1.82) is 0 Å². The Hall–Kier alpha value is -6.71. The van der Waals surface area contributed by atoms with Crippen LogP contribution in [0.25, 0.3) is 89.1 Å². The molecule has 0 radical (unpaired) electrons. The molecule has 8 aromatic carbocycles. The molecule has 0 aliphatic heterocycles. The van der Waals surface area contributed by atoms with Crippen molar-refractivity contribution in [2.75, 3.05) is 0 Å². The van der Waals surface area contributed by atoms with Gasteiger partial charge in [-0.15, -0.1) is 0 Å². The predicted molar refractivity (Wildman–Crippen MR) is 207 cm³/mol. The van der Waals surface area contributed by atoms with Crippen molar-refractivity contribution >= 4 is 21.5 Å². The summed E-state index contributed by atoms with van der Waals surface area (Å²) in [5, 5.41) is 4.99. The van der Waals surface area contributed by atoms with Crippen molar-refractivity contribution in [2.24, 2.45) is 0 Å². The number of rotatable bonds is 6. The van der Waals surface area contributed by atoms with E-state index in [2.05, 4.69) is 158 Å². The monoisotopic (exact) mass is 637 g/mol. The smallest absolute Gasteiger partial charge is 0.164 e. The highest BCUT2D eigenvalue weighted by Crippen LogP contribution is 2.36. The summed E-state index contributed by atoms with van der Waals surface area (Å²) in [6, 6.07) is 65.8. The Kier molecular flexibility index (Phi) is 7.49. The second-order valence-electron chi connectivity index (χ2n) is 12.4. The lowest BCUT2D eigenvalue weighted by Gasteiger charge is -2.12. The van der Waals surface area contributed by atoms with Crippen molar-refractivity contribution in [3.8, 4) is 67.5 Å². The average Bonchev–Trinajstić information content (AvgIpc) is 3.21. The fraction of sp³-hybridized carbons (Fsp3) is 0. The first-order valence-electron chi connectivity index (χ1n) is 16.9. The molecule has 3 nitrogen and oxygen atoms in total. The van der Waals surface area contributed by atoms with Crippen molar-refractivity contribution in [1.82, 2.24) is 15.0 Å². The second-order valence-corrected chi connectivity index (χ2v) is 12.4. The largest absolute Gasteiger partial charge is 0.208 e. The van der Waals surface area contributed by atoms with Crippen LogP contribution in [0.4, 0.5) is 0 Å². The molecule has 0 atom stereocenters. The van der Waals surface area contributed by atoms with Crippen LogP contribution in [0.3, 0.4) is 0 Å². The van der Waals surface area contributed by atoms with E-state index in [1.807, 2.05) is 30.3 Å². The number of fused-ring (bicyclic) bond motifs is 3. The predicted octanol–water partition coefficient (Wildman–Crippen LogP) is 12.2. The Morgan fingerprint density at radius 3 is 1.22 bits per heavy atom. The number of nitrogens with zero attached hydrogens (tertiary/aromatic N) is 3. The summed E-state index contributed by atoms with van der Waals surface area (Å²) in [5.41, 5.74) is 9.91. The first kappa shape index (κ1) is 29.4. The summed E-state index contributed by atoms with van der Waals surface area (Å²) in [7, 11) is 0. The number of aromatic nitrogens is 3. The van der Waals surface area contributed by atoms with Gasteiger partial charge in [0.05, 0.1) is 0 Å². The van der Waals surface area contributed by atoms with Gasteiger partial charge in [0.1, 0.15) is 0 Å². The van der Waals surface area contributed by atoms with E-state index in [1.54, 1.807) is 0 Å². The molecule has 1 aromatic heterocycles. The van der Waals surface area contributed by atoms with Crippen LogP contribution >= 0.6 is 0 Å². The van der Waals surface area contributed by atoms with Crippen LogP contribution in [0.15, 0.2) is 188 Å². The molecular weight excluding hydrogens is 607 g/mol. The van der Waals surface area contributed by atoms with Gasteiger partial charge in [-0.1, -0.05) is 188 Å². The number of hydrogen-bond donors (Lipinski definition) is 0.